The van der Waals surface area contributed by atoms with Crippen molar-refractivity contribution in [1.29, 1.82) is 0 Å². The number of hydrogen-bond acceptors (Lipinski definition) is 2. The van der Waals surface area contributed by atoms with Gasteiger partial charge in [0.2, 0.25) is 0 Å². The van der Waals surface area contributed by atoms with Crippen molar-refractivity contribution in [1.82, 2.24) is 14.1 Å². The first kappa shape index (κ1) is 36.8. The van der Waals surface area contributed by atoms with Crippen molar-refractivity contribution in [2.24, 2.45) is 0 Å². The standard InChI is InChI=1S/C58H42N4O/c1-58(2,3)39-32-33-59-55(34-39)62-52-28-12-11-24-48(52)49-31-30-42(36-54(49)62)63-41-19-13-18-40(35-41)60-37-61-56-43(38-16-5-4-6-17-38)25-14-26-50(56)46-22-9-7-20-44(46)45-21-8-10-23-47(45)51-27-15-29-53(60)57(51)61/h4-36H,1-3H3. The SMILES string of the molecule is CC(C)(C)c1ccnc(-n2c3ccccc3c3ccc(Oc4cccc(-n5[c-][n+]6c7c(cccc75)-c5ccccc5-c5ccccc5-c5cccc(-c7ccccc7)c5-6)c4)cc32)c1. The highest BCUT2D eigenvalue weighted by atomic mass is 16.5. The molecule has 5 nitrogen and oxygen atoms in total. The first-order valence-electron chi connectivity index (χ1n) is 21.5. The fraction of sp³-hybridized carbons (Fsp3) is 0.0690. The lowest BCUT2D eigenvalue weighted by atomic mass is 9.88. The first-order chi connectivity index (χ1) is 30.9. The van der Waals surface area contributed by atoms with Crippen molar-refractivity contribution in [2.45, 2.75) is 26.2 Å². The average Bonchev–Trinajstić information content (AvgIpc) is 3.88. The molecule has 0 N–H and O–H groups in total. The topological polar surface area (TPSA) is 35.9 Å². The summed E-state index contributed by atoms with van der Waals surface area (Å²) in [5.74, 6) is 2.36. The fourth-order valence-electron chi connectivity index (χ4n) is 9.57. The summed E-state index contributed by atoms with van der Waals surface area (Å²) in [7, 11) is 0. The predicted octanol–water partition coefficient (Wildman–Crippen LogP) is 14.3. The minimum absolute atomic E-state index is 0.0158. The second kappa shape index (κ2) is 14.3. The molecule has 0 fully saturated rings. The van der Waals surface area contributed by atoms with Crippen LogP contribution in [0.3, 0.4) is 0 Å². The molecule has 1 aliphatic heterocycles. The molecule has 0 unspecified atom stereocenters. The molecule has 3 aromatic heterocycles. The first-order valence-corrected chi connectivity index (χ1v) is 21.5. The molecule has 0 radical (unpaired) electrons. The Kier molecular flexibility index (Phi) is 8.35. The van der Waals surface area contributed by atoms with E-state index in [-0.39, 0.29) is 5.41 Å². The third-order valence-corrected chi connectivity index (χ3v) is 12.5. The number of imidazole rings is 1. The van der Waals surface area contributed by atoms with Gasteiger partial charge in [0.25, 0.3) is 6.33 Å². The molecule has 12 rings (SSSR count). The molecule has 4 heterocycles. The zero-order valence-corrected chi connectivity index (χ0v) is 35.2. The molecule has 0 saturated carbocycles. The third-order valence-electron chi connectivity index (χ3n) is 12.5. The zero-order chi connectivity index (χ0) is 42.2. The number of benzene rings is 8. The van der Waals surface area contributed by atoms with Gasteiger partial charge in [-0.25, -0.2) is 4.98 Å². The molecule has 0 amide bonds. The van der Waals surface area contributed by atoms with Gasteiger partial charge in [-0.05, 0) is 104 Å². The summed E-state index contributed by atoms with van der Waals surface area (Å²) < 4.78 is 13.5. The van der Waals surface area contributed by atoms with Crippen LogP contribution in [0, 0.1) is 6.33 Å². The van der Waals surface area contributed by atoms with Crippen molar-refractivity contribution < 1.29 is 9.30 Å². The minimum atomic E-state index is -0.0158. The van der Waals surface area contributed by atoms with Crippen LogP contribution in [0.1, 0.15) is 26.3 Å². The van der Waals surface area contributed by atoms with Gasteiger partial charge >= 0.3 is 0 Å². The minimum Gasteiger partial charge on any atom is -0.458 e. The van der Waals surface area contributed by atoms with Crippen LogP contribution >= 0.6 is 0 Å². The van der Waals surface area contributed by atoms with Crippen LogP contribution in [0.5, 0.6) is 11.5 Å². The van der Waals surface area contributed by atoms with Gasteiger partial charge in [0.05, 0.1) is 33.4 Å². The number of fused-ring (bicyclic) bond motifs is 10. The molecule has 0 atom stereocenters. The lowest BCUT2D eigenvalue weighted by molar-refractivity contribution is -0.570. The number of nitrogens with zero attached hydrogens (tertiary/aromatic N) is 4. The van der Waals surface area contributed by atoms with Crippen LogP contribution in [-0.2, 0) is 5.41 Å². The summed E-state index contributed by atoms with van der Waals surface area (Å²) in [4.78, 5) is 4.89. The predicted molar refractivity (Wildman–Crippen MR) is 256 cm³/mol. The Morgan fingerprint density at radius 1 is 0.492 bits per heavy atom. The Hall–Kier alpha value is -8.02. The second-order valence-electron chi connectivity index (χ2n) is 17.4. The van der Waals surface area contributed by atoms with Crippen LogP contribution in [-0.4, -0.2) is 14.1 Å². The highest BCUT2D eigenvalue weighted by Crippen LogP contribution is 2.45. The lowest BCUT2D eigenvalue weighted by Crippen LogP contribution is -2.32. The van der Waals surface area contributed by atoms with E-state index in [1.165, 1.54) is 33.2 Å². The van der Waals surface area contributed by atoms with Crippen LogP contribution in [0.25, 0.3) is 94.5 Å². The summed E-state index contributed by atoms with van der Waals surface area (Å²) in [5, 5.41) is 2.32. The van der Waals surface area contributed by atoms with Crippen molar-refractivity contribution >= 4 is 32.8 Å². The molecule has 0 aliphatic carbocycles. The molecule has 0 bridgehead atoms. The molecule has 1 aliphatic rings. The largest absolute Gasteiger partial charge is 0.458 e. The van der Waals surface area contributed by atoms with E-state index in [0.717, 1.165) is 78.4 Å². The van der Waals surface area contributed by atoms with Crippen LogP contribution < -0.4 is 9.30 Å². The normalized spacial score (nSPS) is 12.0. The highest BCUT2D eigenvalue weighted by molar-refractivity contribution is 6.09. The average molecular weight is 811 g/mol. The van der Waals surface area contributed by atoms with E-state index in [1.807, 2.05) is 12.3 Å². The van der Waals surface area contributed by atoms with E-state index in [2.05, 4.69) is 229 Å². The number of ether oxygens (including phenoxy) is 1. The van der Waals surface area contributed by atoms with E-state index < -0.39 is 0 Å². The van der Waals surface area contributed by atoms with Crippen molar-refractivity contribution in [3.05, 3.63) is 212 Å². The Morgan fingerprint density at radius 3 is 1.89 bits per heavy atom. The summed E-state index contributed by atoms with van der Waals surface area (Å²) in [6.07, 6.45) is 5.83. The molecule has 5 heteroatoms. The van der Waals surface area contributed by atoms with E-state index in [0.29, 0.717) is 0 Å². The van der Waals surface area contributed by atoms with Gasteiger partial charge in [0.15, 0.2) is 0 Å². The Balaban J connectivity index is 1.04. The van der Waals surface area contributed by atoms with Crippen LogP contribution in [0.4, 0.5) is 0 Å². The number of pyridine rings is 1. The van der Waals surface area contributed by atoms with Gasteiger partial charge in [-0.2, -0.15) is 0 Å². The van der Waals surface area contributed by atoms with E-state index in [4.69, 9.17) is 9.72 Å². The molecule has 0 saturated heterocycles. The highest BCUT2D eigenvalue weighted by Gasteiger charge is 2.26. The van der Waals surface area contributed by atoms with Crippen LogP contribution in [0.15, 0.2) is 200 Å². The quantitative estimate of drug-likeness (QED) is 0.128. The van der Waals surface area contributed by atoms with E-state index >= 15 is 0 Å². The maximum atomic E-state index is 6.80. The maximum Gasteiger partial charge on any atom is 0.269 e. The van der Waals surface area contributed by atoms with Gasteiger partial charge in [-0.1, -0.05) is 160 Å². The van der Waals surface area contributed by atoms with Crippen LogP contribution in [0.2, 0.25) is 0 Å². The zero-order valence-electron chi connectivity index (χ0n) is 35.2. The molecule has 0 spiro atoms. The van der Waals surface area contributed by atoms with E-state index in [9.17, 15) is 0 Å². The Labute approximate surface area is 366 Å². The molecular formula is C58H42N4O. The molecule has 63 heavy (non-hydrogen) atoms. The van der Waals surface area contributed by atoms with Gasteiger partial charge < -0.3 is 4.74 Å². The molecule has 300 valence electrons. The number of para-hydroxylation sites is 3. The van der Waals surface area contributed by atoms with Gasteiger partial charge in [0.1, 0.15) is 17.3 Å². The number of hydrogen-bond donors (Lipinski definition) is 0. The monoisotopic (exact) mass is 810 g/mol. The van der Waals surface area contributed by atoms with Crippen molar-refractivity contribution in [3.8, 4) is 73.2 Å². The smallest absolute Gasteiger partial charge is 0.269 e. The summed E-state index contributed by atoms with van der Waals surface area (Å²) in [6.45, 7) is 6.71. The number of rotatable bonds is 5. The number of aromatic nitrogens is 4. The summed E-state index contributed by atoms with van der Waals surface area (Å²) >= 11 is 0. The lowest BCUT2D eigenvalue weighted by Gasteiger charge is -2.20. The Morgan fingerprint density at radius 2 is 1.10 bits per heavy atom. The molecule has 11 aromatic rings. The fourth-order valence-corrected chi connectivity index (χ4v) is 9.57. The van der Waals surface area contributed by atoms with Crippen molar-refractivity contribution in [2.75, 3.05) is 0 Å². The van der Waals surface area contributed by atoms with Gasteiger partial charge in [-0.15, -0.1) is 0 Å². The third kappa shape index (κ3) is 5.99. The van der Waals surface area contributed by atoms with Gasteiger partial charge in [-0.3, -0.25) is 13.7 Å². The maximum absolute atomic E-state index is 6.80. The second-order valence-corrected chi connectivity index (χ2v) is 17.4. The summed E-state index contributed by atoms with van der Waals surface area (Å²) in [5.41, 5.74) is 16.8. The van der Waals surface area contributed by atoms with Crippen molar-refractivity contribution in [3.63, 3.8) is 0 Å². The molecule has 8 aromatic carbocycles. The van der Waals surface area contributed by atoms with Gasteiger partial charge in [0, 0.05) is 23.0 Å². The Bertz CT molecular complexity index is 3590. The molecular weight excluding hydrogens is 769 g/mol. The summed E-state index contributed by atoms with van der Waals surface area (Å²) in [6, 6.07) is 69.1. The van der Waals surface area contributed by atoms with E-state index in [1.54, 1.807) is 0 Å².